The summed E-state index contributed by atoms with van der Waals surface area (Å²) < 4.78 is 0. The van der Waals surface area contributed by atoms with E-state index < -0.39 is 0 Å². The van der Waals surface area contributed by atoms with Crippen molar-refractivity contribution in [1.82, 2.24) is 20.4 Å². The molecule has 2 rings (SSSR count). The number of hydrogen-bond donors (Lipinski definition) is 2. The molecule has 0 aliphatic carbocycles. The monoisotopic (exact) mass is 286 g/mol. The number of H-pyrrole nitrogens is 1. The van der Waals surface area contributed by atoms with E-state index >= 15 is 0 Å². The third-order valence-corrected chi connectivity index (χ3v) is 3.75. The van der Waals surface area contributed by atoms with Gasteiger partial charge in [0.25, 0.3) is 0 Å². The first-order chi connectivity index (χ1) is 10.1. The van der Waals surface area contributed by atoms with Gasteiger partial charge in [0.1, 0.15) is 0 Å². The highest BCUT2D eigenvalue weighted by molar-refractivity contribution is 5.75. The van der Waals surface area contributed by atoms with Crippen LogP contribution in [0, 0.1) is 0 Å². The largest absolute Gasteiger partial charge is 0.359 e. The number of nitrogens with zero attached hydrogens (tertiary/aromatic N) is 2. The fourth-order valence-electron chi connectivity index (χ4n) is 2.14. The maximum Gasteiger partial charge on any atom is 0.221 e. The Labute approximate surface area is 125 Å². The lowest BCUT2D eigenvalue weighted by molar-refractivity contribution is -0.120. The smallest absolute Gasteiger partial charge is 0.221 e. The zero-order valence-electron chi connectivity index (χ0n) is 12.8. The molecule has 1 amide bonds. The Morgan fingerprint density at radius 1 is 1.38 bits per heavy atom. The van der Waals surface area contributed by atoms with Crippen LogP contribution in [-0.2, 0) is 4.79 Å². The molecule has 112 valence electrons. The number of carbonyl (C=O) groups excluding carboxylic acids is 1. The summed E-state index contributed by atoms with van der Waals surface area (Å²) in [4.78, 5) is 13.4. The van der Waals surface area contributed by atoms with Crippen LogP contribution in [0.15, 0.2) is 36.4 Å². The van der Waals surface area contributed by atoms with Gasteiger partial charge in [-0.05, 0) is 20.0 Å². The first-order valence-electron chi connectivity index (χ1n) is 7.13. The van der Waals surface area contributed by atoms with E-state index in [1.807, 2.05) is 37.4 Å². The molecule has 0 saturated carbocycles. The number of aromatic nitrogens is 2. The summed E-state index contributed by atoms with van der Waals surface area (Å²) in [7, 11) is 3.67. The van der Waals surface area contributed by atoms with Gasteiger partial charge in [-0.3, -0.25) is 14.8 Å². The van der Waals surface area contributed by atoms with E-state index in [-0.39, 0.29) is 11.9 Å². The van der Waals surface area contributed by atoms with Gasteiger partial charge in [0.05, 0.1) is 11.4 Å². The van der Waals surface area contributed by atoms with E-state index in [0.29, 0.717) is 13.0 Å². The number of benzene rings is 1. The number of aromatic amines is 1. The van der Waals surface area contributed by atoms with Gasteiger partial charge in [0, 0.05) is 31.6 Å². The second kappa shape index (κ2) is 7.04. The van der Waals surface area contributed by atoms with Gasteiger partial charge in [-0.25, -0.2) is 0 Å². The zero-order valence-corrected chi connectivity index (χ0v) is 12.8. The van der Waals surface area contributed by atoms with Crippen molar-refractivity contribution < 1.29 is 4.79 Å². The van der Waals surface area contributed by atoms with Crippen LogP contribution in [0.1, 0.15) is 25.1 Å². The summed E-state index contributed by atoms with van der Waals surface area (Å²) in [6.45, 7) is 2.81. The minimum Gasteiger partial charge on any atom is -0.359 e. The summed E-state index contributed by atoms with van der Waals surface area (Å²) >= 11 is 0. The Bertz CT molecular complexity index is 579. The molecule has 1 heterocycles. The molecule has 0 bridgehead atoms. The second-order valence-corrected chi connectivity index (χ2v) is 5.15. The van der Waals surface area contributed by atoms with Crippen molar-refractivity contribution in [2.45, 2.75) is 19.4 Å². The predicted octanol–water partition coefficient (Wildman–Crippen LogP) is 2.21. The molecule has 1 aromatic heterocycles. The van der Waals surface area contributed by atoms with Gasteiger partial charge in [-0.2, -0.15) is 5.10 Å². The van der Waals surface area contributed by atoms with Crippen molar-refractivity contribution in [3.8, 4) is 11.3 Å². The number of carbonyl (C=O) groups is 1. The molecule has 0 radical (unpaired) electrons. The third kappa shape index (κ3) is 3.92. The minimum atomic E-state index is 0.0589. The van der Waals surface area contributed by atoms with Crippen molar-refractivity contribution in [3.05, 3.63) is 42.1 Å². The van der Waals surface area contributed by atoms with Crippen LogP contribution < -0.4 is 5.32 Å². The molecule has 5 nitrogen and oxygen atoms in total. The number of nitrogens with one attached hydrogen (secondary N) is 2. The molecule has 0 aliphatic rings. The molecule has 2 N–H and O–H groups in total. The number of hydrogen-bond acceptors (Lipinski definition) is 3. The normalized spacial score (nSPS) is 12.4. The van der Waals surface area contributed by atoms with Crippen molar-refractivity contribution in [1.29, 1.82) is 0 Å². The SMILES string of the molecule is CNC(=O)CCN(C)C(C)c1cc(-c2ccccc2)n[nH]1. The van der Waals surface area contributed by atoms with Crippen LogP contribution in [0.2, 0.25) is 0 Å². The highest BCUT2D eigenvalue weighted by Gasteiger charge is 2.15. The summed E-state index contributed by atoms with van der Waals surface area (Å²) in [6.07, 6.45) is 0.497. The summed E-state index contributed by atoms with van der Waals surface area (Å²) in [5.41, 5.74) is 3.09. The summed E-state index contributed by atoms with van der Waals surface area (Å²) in [5.74, 6) is 0.0589. The summed E-state index contributed by atoms with van der Waals surface area (Å²) in [6, 6.07) is 12.3. The van der Waals surface area contributed by atoms with Crippen molar-refractivity contribution in [2.75, 3.05) is 20.6 Å². The molecule has 5 heteroatoms. The van der Waals surface area contributed by atoms with Crippen LogP contribution in [-0.4, -0.2) is 41.6 Å². The first kappa shape index (κ1) is 15.3. The van der Waals surface area contributed by atoms with E-state index in [1.54, 1.807) is 7.05 Å². The maximum absolute atomic E-state index is 11.3. The minimum absolute atomic E-state index is 0.0589. The number of amides is 1. The summed E-state index contributed by atoms with van der Waals surface area (Å²) in [5, 5.41) is 10.1. The Balaban J connectivity index is 2.01. The van der Waals surface area contributed by atoms with Gasteiger partial charge in [0.2, 0.25) is 5.91 Å². The third-order valence-electron chi connectivity index (χ3n) is 3.75. The van der Waals surface area contributed by atoms with E-state index in [1.165, 1.54) is 0 Å². The molecular formula is C16H22N4O. The van der Waals surface area contributed by atoms with E-state index in [2.05, 4.69) is 33.4 Å². The number of rotatable bonds is 6. The van der Waals surface area contributed by atoms with Gasteiger partial charge in [-0.1, -0.05) is 30.3 Å². The average molecular weight is 286 g/mol. The molecule has 21 heavy (non-hydrogen) atoms. The van der Waals surface area contributed by atoms with Crippen LogP contribution in [0.25, 0.3) is 11.3 Å². The van der Waals surface area contributed by atoms with Gasteiger partial charge in [0.15, 0.2) is 0 Å². The molecule has 1 atom stereocenters. The lowest BCUT2D eigenvalue weighted by Crippen LogP contribution is -2.28. The highest BCUT2D eigenvalue weighted by Crippen LogP contribution is 2.22. The fourth-order valence-corrected chi connectivity index (χ4v) is 2.14. The Kier molecular flexibility index (Phi) is 5.11. The molecule has 0 aliphatic heterocycles. The highest BCUT2D eigenvalue weighted by atomic mass is 16.1. The molecule has 1 unspecified atom stereocenters. The van der Waals surface area contributed by atoms with Crippen LogP contribution in [0.3, 0.4) is 0 Å². The molecule has 2 aromatic rings. The van der Waals surface area contributed by atoms with Gasteiger partial charge in [-0.15, -0.1) is 0 Å². The van der Waals surface area contributed by atoms with Crippen molar-refractivity contribution in [3.63, 3.8) is 0 Å². The van der Waals surface area contributed by atoms with Crippen LogP contribution in [0.4, 0.5) is 0 Å². The maximum atomic E-state index is 11.3. The average Bonchev–Trinajstić information content (AvgIpc) is 3.02. The van der Waals surface area contributed by atoms with E-state index in [0.717, 1.165) is 17.0 Å². The standard InChI is InChI=1S/C16H22N4O/c1-12(20(3)10-9-16(21)17-2)14-11-15(19-18-14)13-7-5-4-6-8-13/h4-8,11-12H,9-10H2,1-3H3,(H,17,21)(H,18,19). The molecule has 1 aromatic carbocycles. The van der Waals surface area contributed by atoms with E-state index in [9.17, 15) is 4.79 Å². The zero-order chi connectivity index (χ0) is 15.2. The molecular weight excluding hydrogens is 264 g/mol. The van der Waals surface area contributed by atoms with Crippen LogP contribution in [0.5, 0.6) is 0 Å². The Morgan fingerprint density at radius 3 is 2.76 bits per heavy atom. The van der Waals surface area contributed by atoms with Gasteiger partial charge >= 0.3 is 0 Å². The topological polar surface area (TPSA) is 61.0 Å². The van der Waals surface area contributed by atoms with Crippen LogP contribution >= 0.6 is 0 Å². The van der Waals surface area contributed by atoms with Gasteiger partial charge < -0.3 is 5.32 Å². The molecule has 0 saturated heterocycles. The lowest BCUT2D eigenvalue weighted by Gasteiger charge is -2.23. The Morgan fingerprint density at radius 2 is 2.10 bits per heavy atom. The van der Waals surface area contributed by atoms with E-state index in [4.69, 9.17) is 0 Å². The molecule has 0 spiro atoms. The lowest BCUT2D eigenvalue weighted by atomic mass is 10.1. The first-order valence-corrected chi connectivity index (χ1v) is 7.13. The second-order valence-electron chi connectivity index (χ2n) is 5.15. The fraction of sp³-hybridized carbons (Fsp3) is 0.375. The van der Waals surface area contributed by atoms with Crippen molar-refractivity contribution in [2.24, 2.45) is 0 Å². The quantitative estimate of drug-likeness (QED) is 0.856. The van der Waals surface area contributed by atoms with Crippen molar-refractivity contribution >= 4 is 5.91 Å². The molecule has 0 fully saturated rings. The Hall–Kier alpha value is -2.14. The predicted molar refractivity (Wildman–Crippen MR) is 83.8 cm³/mol.